The first-order valence-corrected chi connectivity index (χ1v) is 22.9. The third-order valence-electron chi connectivity index (χ3n) is 12.3. The van der Waals surface area contributed by atoms with Crippen LogP contribution in [-0.4, -0.2) is 85.5 Å². The average Bonchev–Trinajstić information content (AvgIpc) is 3.79. The fourth-order valence-electron chi connectivity index (χ4n) is 8.93. The Morgan fingerprint density at radius 3 is 2.08 bits per heavy atom. The molecule has 0 spiro atoms. The summed E-state index contributed by atoms with van der Waals surface area (Å²) in [5, 5.41) is 31.0. The first-order valence-electron chi connectivity index (χ1n) is 21.8. The molecule has 1 heterocycles. The number of carbonyl (C=O) groups excluding carboxylic acids is 3. The Hall–Kier alpha value is -6.68. The SMILES string of the molecule is C=CCNC(=O)[C@H](NC(=O)[C@H](CC)NC(=O)[C@H](CCCNC(=N)N(c1c(C)c(C)c2c(c1C)CC(C)(C)O2)[SH](=O)=O)N(CC1c2ccccc2-c2ccccc21)C(=O)O)c1ccccc1. The van der Waals surface area contributed by atoms with E-state index < -0.39 is 70.3 Å². The van der Waals surface area contributed by atoms with Crippen molar-refractivity contribution in [2.75, 3.05) is 23.9 Å². The average molecular weight is 906 g/mol. The van der Waals surface area contributed by atoms with Gasteiger partial charge in [-0.1, -0.05) is 91.9 Å². The summed E-state index contributed by atoms with van der Waals surface area (Å²) >= 11 is 0. The predicted molar refractivity (Wildman–Crippen MR) is 252 cm³/mol. The number of benzene rings is 4. The van der Waals surface area contributed by atoms with Crippen LogP contribution in [0.4, 0.5) is 10.5 Å². The third-order valence-corrected chi connectivity index (χ3v) is 13.0. The van der Waals surface area contributed by atoms with Crippen LogP contribution < -0.4 is 30.3 Å². The molecule has 0 saturated heterocycles. The first kappa shape index (κ1) is 47.8. The van der Waals surface area contributed by atoms with Crippen LogP contribution in [0.3, 0.4) is 0 Å². The number of hydrogen-bond acceptors (Lipinski definition) is 8. The minimum absolute atomic E-state index is 0.000725. The van der Waals surface area contributed by atoms with E-state index in [0.29, 0.717) is 28.8 Å². The maximum absolute atomic E-state index is 14.6. The fraction of sp³-hybridized carbons (Fsp3) is 0.367. The summed E-state index contributed by atoms with van der Waals surface area (Å²) in [5.74, 6) is -1.96. The number of carboxylic acid groups (broad SMARTS) is 1. The lowest BCUT2D eigenvalue weighted by molar-refractivity contribution is -0.133. The number of carbonyl (C=O) groups is 4. The van der Waals surface area contributed by atoms with Crippen molar-refractivity contribution in [3.63, 3.8) is 0 Å². The molecule has 0 unspecified atom stereocenters. The Kier molecular flexibility index (Phi) is 15.0. The Bertz CT molecular complexity index is 2510. The van der Waals surface area contributed by atoms with E-state index in [1.165, 1.54) is 6.08 Å². The highest BCUT2D eigenvalue weighted by Gasteiger charge is 2.39. The molecule has 0 aromatic heterocycles. The Balaban J connectivity index is 1.25. The molecule has 6 rings (SSSR count). The minimum atomic E-state index is -3.33. The molecule has 6 N–H and O–H groups in total. The van der Waals surface area contributed by atoms with Gasteiger partial charge >= 0.3 is 6.09 Å². The Morgan fingerprint density at radius 1 is 0.877 bits per heavy atom. The van der Waals surface area contributed by atoms with Gasteiger partial charge in [0.25, 0.3) is 0 Å². The first-order chi connectivity index (χ1) is 31.0. The van der Waals surface area contributed by atoms with Gasteiger partial charge in [0.1, 0.15) is 29.5 Å². The van der Waals surface area contributed by atoms with Gasteiger partial charge in [0, 0.05) is 37.5 Å². The fourth-order valence-corrected chi connectivity index (χ4v) is 9.63. The number of amides is 4. The summed E-state index contributed by atoms with van der Waals surface area (Å²) in [5.41, 5.74) is 7.15. The van der Waals surface area contributed by atoms with E-state index in [9.17, 15) is 32.7 Å². The number of fused-ring (bicyclic) bond motifs is 4. The molecule has 2 aliphatic rings. The zero-order valence-corrected chi connectivity index (χ0v) is 38.6. The van der Waals surface area contributed by atoms with Gasteiger partial charge in [0.05, 0.1) is 5.69 Å². The number of hydrogen-bond donors (Lipinski definition) is 7. The molecule has 3 atom stereocenters. The highest BCUT2D eigenvalue weighted by molar-refractivity contribution is 7.75. The lowest BCUT2D eigenvalue weighted by atomic mass is 9.92. The van der Waals surface area contributed by atoms with E-state index in [0.717, 1.165) is 48.3 Å². The number of guanidine groups is 1. The maximum Gasteiger partial charge on any atom is 0.408 e. The zero-order valence-electron chi connectivity index (χ0n) is 37.7. The van der Waals surface area contributed by atoms with Gasteiger partial charge in [-0.05, 0) is 98.4 Å². The molecule has 1 aliphatic heterocycles. The molecule has 0 bridgehead atoms. The maximum atomic E-state index is 14.6. The van der Waals surface area contributed by atoms with Crippen LogP contribution in [0.15, 0.2) is 91.5 Å². The van der Waals surface area contributed by atoms with E-state index in [4.69, 9.17) is 10.1 Å². The highest BCUT2D eigenvalue weighted by atomic mass is 32.2. The van der Waals surface area contributed by atoms with Crippen molar-refractivity contribution in [2.24, 2.45) is 0 Å². The molecule has 15 nitrogen and oxygen atoms in total. The summed E-state index contributed by atoms with van der Waals surface area (Å²) in [7, 11) is -3.33. The standard InChI is InChI=1S/C49H59N7O8S/c1-8-25-51-46(59)41(32-18-11-10-12-19-32)54-44(57)39(9-2)53-45(58)40(55(48(60)61)28-38-35-22-15-13-20-33(35)34-21-14-16-23-36(34)38)24-17-26-52-47(50)56(65(62)63)42-29(3)30(4)43-37(31(42)5)27-49(6,7)64-43/h8,10-16,18-23,38-41,65H,1,9,17,24-28H2,2-7H3,(H2,50,52)(H,51,59)(H,53,58)(H,54,57)(H,60,61)/t39-,40-,41+/m0/s1. The highest BCUT2D eigenvalue weighted by Crippen LogP contribution is 2.46. The summed E-state index contributed by atoms with van der Waals surface area (Å²) in [6, 6.07) is 20.5. The van der Waals surface area contributed by atoms with Gasteiger partial charge in [-0.3, -0.25) is 24.7 Å². The number of nitrogens with one attached hydrogen (secondary N) is 5. The van der Waals surface area contributed by atoms with E-state index in [1.54, 1.807) is 44.2 Å². The molecule has 4 aromatic carbocycles. The minimum Gasteiger partial charge on any atom is -0.487 e. The summed E-state index contributed by atoms with van der Waals surface area (Å²) in [6.45, 7) is 14.8. The van der Waals surface area contributed by atoms with E-state index in [-0.39, 0.29) is 38.9 Å². The lowest BCUT2D eigenvalue weighted by Gasteiger charge is -2.32. The van der Waals surface area contributed by atoms with Crippen molar-refractivity contribution in [3.05, 3.63) is 130 Å². The van der Waals surface area contributed by atoms with Gasteiger partial charge < -0.3 is 31.1 Å². The van der Waals surface area contributed by atoms with Crippen LogP contribution in [-0.2, 0) is 31.7 Å². The third kappa shape index (κ3) is 10.3. The van der Waals surface area contributed by atoms with Crippen molar-refractivity contribution in [1.29, 1.82) is 5.41 Å². The van der Waals surface area contributed by atoms with Crippen LogP contribution >= 0.6 is 0 Å². The molecule has 65 heavy (non-hydrogen) atoms. The Labute approximate surface area is 382 Å². The summed E-state index contributed by atoms with van der Waals surface area (Å²) < 4.78 is 33.0. The molecule has 4 amide bonds. The number of anilines is 1. The Morgan fingerprint density at radius 2 is 1.49 bits per heavy atom. The zero-order chi connectivity index (χ0) is 47.2. The topological polar surface area (TPSA) is 210 Å². The number of nitrogens with zero attached hydrogens (tertiary/aromatic N) is 2. The van der Waals surface area contributed by atoms with Crippen LogP contribution in [0.2, 0.25) is 0 Å². The second-order valence-electron chi connectivity index (χ2n) is 17.1. The van der Waals surface area contributed by atoms with Gasteiger partial charge in [0.15, 0.2) is 0 Å². The second-order valence-corrected chi connectivity index (χ2v) is 17.9. The molecule has 1 aliphatic carbocycles. The summed E-state index contributed by atoms with van der Waals surface area (Å²) in [4.78, 5) is 56.2. The number of thiol groups is 1. The van der Waals surface area contributed by atoms with E-state index >= 15 is 0 Å². The van der Waals surface area contributed by atoms with E-state index in [1.807, 2.05) is 76.2 Å². The van der Waals surface area contributed by atoms with Crippen molar-refractivity contribution in [1.82, 2.24) is 26.2 Å². The molecule has 16 heteroatoms. The molecule has 0 saturated carbocycles. The van der Waals surface area contributed by atoms with Crippen LogP contribution in [0.5, 0.6) is 5.75 Å². The molecule has 0 fully saturated rings. The van der Waals surface area contributed by atoms with Crippen molar-refractivity contribution < 1.29 is 37.4 Å². The van der Waals surface area contributed by atoms with Gasteiger partial charge in [0.2, 0.25) is 34.6 Å². The van der Waals surface area contributed by atoms with Crippen molar-refractivity contribution in [2.45, 2.75) is 96.9 Å². The molecular formula is C49H59N7O8S. The summed E-state index contributed by atoms with van der Waals surface area (Å²) in [6.07, 6.45) is 0.900. The number of ether oxygens (including phenoxy) is 1. The van der Waals surface area contributed by atoms with Crippen molar-refractivity contribution in [3.8, 4) is 16.9 Å². The normalized spacial score (nSPS) is 14.7. The van der Waals surface area contributed by atoms with Gasteiger partial charge in [-0.25, -0.2) is 17.5 Å². The predicted octanol–water partition coefficient (Wildman–Crippen LogP) is 6.18. The van der Waals surface area contributed by atoms with Crippen LogP contribution in [0.1, 0.15) is 90.9 Å². The van der Waals surface area contributed by atoms with Crippen LogP contribution in [0, 0.1) is 26.2 Å². The smallest absolute Gasteiger partial charge is 0.408 e. The largest absolute Gasteiger partial charge is 0.487 e. The molecule has 344 valence electrons. The molecule has 4 aromatic rings. The van der Waals surface area contributed by atoms with Gasteiger partial charge in [-0.2, -0.15) is 0 Å². The molecule has 0 radical (unpaired) electrons. The van der Waals surface area contributed by atoms with Crippen LogP contribution in [0.25, 0.3) is 11.1 Å². The monoisotopic (exact) mass is 905 g/mol. The lowest BCUT2D eigenvalue weighted by Crippen LogP contribution is -2.56. The molecular weight excluding hydrogens is 847 g/mol. The van der Waals surface area contributed by atoms with Crippen molar-refractivity contribution >= 4 is 46.4 Å². The second kappa shape index (κ2) is 20.4. The number of rotatable bonds is 18. The quantitative estimate of drug-likeness (QED) is 0.0200. The van der Waals surface area contributed by atoms with E-state index in [2.05, 4.69) is 27.8 Å². The van der Waals surface area contributed by atoms with Gasteiger partial charge in [-0.15, -0.1) is 6.58 Å².